The van der Waals surface area contributed by atoms with Crippen LogP contribution in [0.3, 0.4) is 0 Å². The fraction of sp³-hybridized carbons (Fsp3) is 0.222. The number of anilines is 1. The van der Waals surface area contributed by atoms with Crippen LogP contribution in [0.25, 0.3) is 5.69 Å². The van der Waals surface area contributed by atoms with Gasteiger partial charge in [-0.2, -0.15) is 0 Å². The molecular weight excluding hydrogens is 352 g/mol. The molecule has 140 valence electrons. The van der Waals surface area contributed by atoms with Crippen molar-refractivity contribution in [2.45, 2.75) is 6.92 Å². The maximum atomic E-state index is 12.6. The summed E-state index contributed by atoms with van der Waals surface area (Å²) in [5.41, 5.74) is 6.59. The number of methoxy groups -OCH3 is 1. The van der Waals surface area contributed by atoms with Gasteiger partial charge in [-0.05, 0) is 24.6 Å². The van der Waals surface area contributed by atoms with Crippen LogP contribution in [0.1, 0.15) is 36.6 Å². The number of pyridine rings is 1. The quantitative estimate of drug-likeness (QED) is 0.501. The SMILES string of the molecule is COCCNC(=O)c1cccc(-n2c(N)c3c(cc2=O)C(=O)NC3=O)c1C. The summed E-state index contributed by atoms with van der Waals surface area (Å²) >= 11 is 0. The number of nitrogen functional groups attached to an aromatic ring is 1. The van der Waals surface area contributed by atoms with Gasteiger partial charge < -0.3 is 15.8 Å². The number of nitrogens with one attached hydrogen (secondary N) is 2. The molecule has 4 N–H and O–H groups in total. The molecule has 9 nitrogen and oxygen atoms in total. The summed E-state index contributed by atoms with van der Waals surface area (Å²) < 4.78 is 6.03. The van der Waals surface area contributed by atoms with E-state index >= 15 is 0 Å². The largest absolute Gasteiger partial charge is 0.384 e. The number of nitrogens with zero attached hydrogens (tertiary/aromatic N) is 1. The van der Waals surface area contributed by atoms with Crippen LogP contribution in [0, 0.1) is 6.92 Å². The summed E-state index contributed by atoms with van der Waals surface area (Å²) in [6.45, 7) is 2.37. The van der Waals surface area contributed by atoms with Gasteiger partial charge in [0.05, 0.1) is 23.4 Å². The number of hydrogen-bond donors (Lipinski definition) is 3. The summed E-state index contributed by atoms with van der Waals surface area (Å²) in [5.74, 6) is -1.80. The third-order valence-corrected chi connectivity index (χ3v) is 4.34. The molecule has 0 fully saturated rings. The van der Waals surface area contributed by atoms with E-state index in [4.69, 9.17) is 10.5 Å². The second-order valence-corrected chi connectivity index (χ2v) is 5.97. The van der Waals surface area contributed by atoms with E-state index in [2.05, 4.69) is 10.6 Å². The lowest BCUT2D eigenvalue weighted by Gasteiger charge is -2.16. The summed E-state index contributed by atoms with van der Waals surface area (Å²) in [4.78, 5) is 48.7. The van der Waals surface area contributed by atoms with Crippen molar-refractivity contribution in [3.05, 3.63) is 56.9 Å². The summed E-state index contributed by atoms with van der Waals surface area (Å²) in [7, 11) is 1.53. The first kappa shape index (κ1) is 18.3. The van der Waals surface area contributed by atoms with Gasteiger partial charge in [0.1, 0.15) is 5.82 Å². The van der Waals surface area contributed by atoms with Gasteiger partial charge in [0.15, 0.2) is 0 Å². The Bertz CT molecular complexity index is 1030. The Kier molecular flexibility index (Phi) is 4.78. The summed E-state index contributed by atoms with van der Waals surface area (Å²) in [5, 5.41) is 4.83. The van der Waals surface area contributed by atoms with E-state index in [0.717, 1.165) is 10.6 Å². The van der Waals surface area contributed by atoms with Crippen LogP contribution in [-0.4, -0.2) is 42.6 Å². The van der Waals surface area contributed by atoms with Crippen LogP contribution < -0.4 is 21.9 Å². The number of amides is 3. The maximum absolute atomic E-state index is 12.6. The number of fused-ring (bicyclic) bond motifs is 1. The maximum Gasteiger partial charge on any atom is 0.262 e. The normalized spacial score (nSPS) is 12.7. The molecule has 9 heteroatoms. The van der Waals surface area contributed by atoms with Gasteiger partial charge in [-0.15, -0.1) is 0 Å². The Morgan fingerprint density at radius 1 is 1.26 bits per heavy atom. The van der Waals surface area contributed by atoms with Crippen LogP contribution in [-0.2, 0) is 4.74 Å². The number of imide groups is 1. The van der Waals surface area contributed by atoms with Crippen LogP contribution in [0.15, 0.2) is 29.1 Å². The monoisotopic (exact) mass is 370 g/mol. The molecule has 0 radical (unpaired) electrons. The van der Waals surface area contributed by atoms with E-state index in [0.29, 0.717) is 30.0 Å². The lowest BCUT2D eigenvalue weighted by atomic mass is 10.0. The van der Waals surface area contributed by atoms with E-state index in [1.54, 1.807) is 25.1 Å². The molecular formula is C18H18N4O5. The Labute approximate surface area is 154 Å². The average Bonchev–Trinajstić information content (AvgIpc) is 2.90. The van der Waals surface area contributed by atoms with Crippen molar-refractivity contribution in [3.8, 4) is 5.69 Å². The first-order valence-corrected chi connectivity index (χ1v) is 8.15. The van der Waals surface area contributed by atoms with Gasteiger partial charge in [-0.25, -0.2) is 0 Å². The van der Waals surface area contributed by atoms with E-state index in [1.165, 1.54) is 7.11 Å². The van der Waals surface area contributed by atoms with Gasteiger partial charge >= 0.3 is 0 Å². The van der Waals surface area contributed by atoms with Gasteiger partial charge in [-0.3, -0.25) is 29.1 Å². The first-order chi connectivity index (χ1) is 12.9. The number of aromatic nitrogens is 1. The minimum atomic E-state index is -0.660. The standard InChI is InChI=1S/C18H18N4O5/c1-9-10(16(24)20-6-7-27-2)4-3-5-12(9)22-13(23)8-11-14(15(22)19)18(26)21-17(11)25/h3-5,8H,6-7,19H2,1-2H3,(H,20,24)(H,21,25,26). The molecule has 1 aromatic heterocycles. The molecule has 1 aromatic carbocycles. The molecule has 0 unspecified atom stereocenters. The van der Waals surface area contributed by atoms with E-state index in [-0.39, 0.29) is 22.9 Å². The number of nitrogens with two attached hydrogens (primary N) is 1. The minimum Gasteiger partial charge on any atom is -0.384 e. The molecule has 2 heterocycles. The van der Waals surface area contributed by atoms with Crippen molar-refractivity contribution in [3.63, 3.8) is 0 Å². The average molecular weight is 370 g/mol. The molecule has 0 spiro atoms. The van der Waals surface area contributed by atoms with Crippen molar-refractivity contribution < 1.29 is 19.1 Å². The van der Waals surface area contributed by atoms with Gasteiger partial charge in [0.2, 0.25) is 0 Å². The molecule has 1 aliphatic heterocycles. The predicted octanol–water partition coefficient (Wildman–Crippen LogP) is -0.0121. The topological polar surface area (TPSA) is 133 Å². The Hall–Kier alpha value is -3.46. The number of carbonyl (C=O) groups excluding carboxylic acids is 3. The molecule has 0 atom stereocenters. The minimum absolute atomic E-state index is 0.0473. The molecule has 0 aliphatic carbocycles. The van der Waals surface area contributed by atoms with Crippen LogP contribution in [0.2, 0.25) is 0 Å². The third kappa shape index (κ3) is 3.08. The lowest BCUT2D eigenvalue weighted by molar-refractivity contribution is 0.0877. The highest BCUT2D eigenvalue weighted by molar-refractivity contribution is 6.23. The highest BCUT2D eigenvalue weighted by Gasteiger charge is 2.32. The first-order valence-electron chi connectivity index (χ1n) is 8.15. The molecule has 0 saturated heterocycles. The van der Waals surface area contributed by atoms with Crippen LogP contribution in [0.5, 0.6) is 0 Å². The second kappa shape index (κ2) is 7.04. The smallest absolute Gasteiger partial charge is 0.262 e. The molecule has 2 aromatic rings. The van der Waals surface area contributed by atoms with Crippen LogP contribution >= 0.6 is 0 Å². The molecule has 27 heavy (non-hydrogen) atoms. The van der Waals surface area contributed by atoms with Crippen molar-refractivity contribution in [1.82, 2.24) is 15.2 Å². The Morgan fingerprint density at radius 2 is 2.00 bits per heavy atom. The predicted molar refractivity (Wildman–Crippen MR) is 97.2 cm³/mol. The second-order valence-electron chi connectivity index (χ2n) is 5.97. The van der Waals surface area contributed by atoms with E-state index in [1.807, 2.05) is 0 Å². The van der Waals surface area contributed by atoms with Gasteiger partial charge in [0, 0.05) is 25.3 Å². The zero-order valence-electron chi connectivity index (χ0n) is 14.8. The highest BCUT2D eigenvalue weighted by Crippen LogP contribution is 2.25. The Balaban J connectivity index is 2.11. The number of hydrogen-bond acceptors (Lipinski definition) is 6. The summed E-state index contributed by atoms with van der Waals surface area (Å²) in [6.07, 6.45) is 0. The molecule has 3 rings (SSSR count). The van der Waals surface area contributed by atoms with Crippen LogP contribution in [0.4, 0.5) is 5.82 Å². The molecule has 3 amide bonds. The van der Waals surface area contributed by atoms with E-state index < -0.39 is 17.4 Å². The fourth-order valence-electron chi connectivity index (χ4n) is 3.00. The van der Waals surface area contributed by atoms with Crippen molar-refractivity contribution in [1.29, 1.82) is 0 Å². The zero-order valence-corrected chi connectivity index (χ0v) is 14.8. The zero-order chi connectivity index (χ0) is 19.7. The van der Waals surface area contributed by atoms with Crippen molar-refractivity contribution in [2.24, 2.45) is 0 Å². The number of benzene rings is 1. The van der Waals surface area contributed by atoms with Gasteiger partial charge in [-0.1, -0.05) is 6.07 Å². The lowest BCUT2D eigenvalue weighted by Crippen LogP contribution is -2.29. The third-order valence-electron chi connectivity index (χ3n) is 4.34. The molecule has 1 aliphatic rings. The number of carbonyl (C=O) groups is 3. The number of rotatable bonds is 5. The van der Waals surface area contributed by atoms with Gasteiger partial charge in [0.25, 0.3) is 23.3 Å². The van der Waals surface area contributed by atoms with Crippen molar-refractivity contribution in [2.75, 3.05) is 26.0 Å². The fourth-order valence-corrected chi connectivity index (χ4v) is 3.00. The van der Waals surface area contributed by atoms with Crippen molar-refractivity contribution >= 4 is 23.5 Å². The molecule has 0 bridgehead atoms. The molecule has 0 saturated carbocycles. The summed E-state index contributed by atoms with van der Waals surface area (Å²) in [6, 6.07) is 5.90. The van der Waals surface area contributed by atoms with E-state index in [9.17, 15) is 19.2 Å². The highest BCUT2D eigenvalue weighted by atomic mass is 16.5. The Morgan fingerprint density at radius 3 is 2.70 bits per heavy atom. The number of ether oxygens (including phenoxy) is 1.